The highest BCUT2D eigenvalue weighted by molar-refractivity contribution is 6.05. The predicted molar refractivity (Wildman–Crippen MR) is 168 cm³/mol. The molecule has 47 heavy (non-hydrogen) atoms. The van der Waals surface area contributed by atoms with Crippen LogP contribution >= 0.6 is 0 Å². The summed E-state index contributed by atoms with van der Waals surface area (Å²) in [5, 5.41) is 19.1. The zero-order valence-corrected chi connectivity index (χ0v) is 24.9. The number of ether oxygens (including phenoxy) is 1. The summed E-state index contributed by atoms with van der Waals surface area (Å²) < 4.78 is 39.1. The fourth-order valence-electron chi connectivity index (χ4n) is 5.30. The maximum atomic E-state index is 13.5. The van der Waals surface area contributed by atoms with Crippen LogP contribution in [0.3, 0.4) is 0 Å². The number of piperazine rings is 1. The highest BCUT2D eigenvalue weighted by Crippen LogP contribution is 2.33. The van der Waals surface area contributed by atoms with Gasteiger partial charge in [0.15, 0.2) is 11.5 Å². The highest BCUT2D eigenvalue weighted by Gasteiger charge is 2.38. The predicted octanol–water partition coefficient (Wildman–Crippen LogP) is 3.47. The van der Waals surface area contributed by atoms with E-state index in [1.165, 1.54) is 0 Å². The van der Waals surface area contributed by atoms with E-state index in [9.17, 15) is 18.0 Å². The van der Waals surface area contributed by atoms with E-state index in [4.69, 9.17) is 24.6 Å². The van der Waals surface area contributed by atoms with Gasteiger partial charge in [0, 0.05) is 56.4 Å². The number of carboxylic acids is 1. The second kappa shape index (κ2) is 13.6. The Balaban J connectivity index is 0.000000499. The minimum Gasteiger partial charge on any atom is -0.475 e. The van der Waals surface area contributed by atoms with Crippen LogP contribution in [0.25, 0.3) is 27.8 Å². The van der Waals surface area contributed by atoms with Crippen LogP contribution in [-0.4, -0.2) is 100 Å². The van der Waals surface area contributed by atoms with Crippen molar-refractivity contribution in [1.82, 2.24) is 29.9 Å². The van der Waals surface area contributed by atoms with Crippen molar-refractivity contribution in [2.24, 2.45) is 0 Å². The van der Waals surface area contributed by atoms with Crippen LogP contribution in [0.4, 0.5) is 30.5 Å². The molecule has 2 aliphatic rings. The molecule has 2 saturated heterocycles. The van der Waals surface area contributed by atoms with Gasteiger partial charge in [-0.1, -0.05) is 24.3 Å². The van der Waals surface area contributed by atoms with E-state index < -0.39 is 12.1 Å². The number of hydrogen-bond donors (Lipinski definition) is 3. The average Bonchev–Trinajstić information content (AvgIpc) is 3.46. The second-order valence-electron chi connectivity index (χ2n) is 10.6. The van der Waals surface area contributed by atoms with Crippen molar-refractivity contribution in [3.8, 4) is 11.3 Å². The summed E-state index contributed by atoms with van der Waals surface area (Å²) in [7, 11) is 0. The SMILES string of the molecule is O=C(Nc1nc2c(N3CCOCC3)ccnn2c1-c1ccc(N2CCNCC2)nc1)c1ccc2ccccc2n1.O=C(O)C(F)(F)F. The zero-order valence-electron chi connectivity index (χ0n) is 24.9. The van der Waals surface area contributed by atoms with Crippen LogP contribution < -0.4 is 20.4 Å². The van der Waals surface area contributed by atoms with Gasteiger partial charge in [-0.25, -0.2) is 24.3 Å². The monoisotopic (exact) mass is 649 g/mol. The molecule has 16 heteroatoms. The van der Waals surface area contributed by atoms with Gasteiger partial charge in [0.25, 0.3) is 5.91 Å². The molecule has 6 heterocycles. The summed E-state index contributed by atoms with van der Waals surface area (Å²) in [5.41, 5.74) is 4.14. The lowest BCUT2D eigenvalue weighted by Gasteiger charge is -2.28. The summed E-state index contributed by atoms with van der Waals surface area (Å²) in [5.74, 6) is -1.77. The number of aromatic nitrogens is 5. The van der Waals surface area contributed by atoms with Crippen molar-refractivity contribution in [1.29, 1.82) is 0 Å². The van der Waals surface area contributed by atoms with Crippen LogP contribution in [0.2, 0.25) is 0 Å². The summed E-state index contributed by atoms with van der Waals surface area (Å²) in [6.07, 6.45) is -1.49. The first-order valence-electron chi connectivity index (χ1n) is 14.8. The molecule has 0 bridgehead atoms. The number of benzene rings is 1. The molecule has 0 aliphatic carbocycles. The van der Waals surface area contributed by atoms with E-state index in [2.05, 4.69) is 30.5 Å². The quantitative estimate of drug-likeness (QED) is 0.257. The molecule has 7 rings (SSSR count). The number of morpholine rings is 1. The molecular formula is C31H30F3N9O4. The van der Waals surface area contributed by atoms with Crippen molar-refractivity contribution >= 4 is 45.7 Å². The Kier molecular flexibility index (Phi) is 9.12. The van der Waals surface area contributed by atoms with Gasteiger partial charge < -0.3 is 30.3 Å². The van der Waals surface area contributed by atoms with Gasteiger partial charge in [-0.05, 0) is 30.3 Å². The first-order valence-corrected chi connectivity index (χ1v) is 14.8. The number of carboxylic acid groups (broad SMARTS) is 1. The molecule has 2 fully saturated rings. The number of aliphatic carboxylic acids is 1. The van der Waals surface area contributed by atoms with Crippen molar-refractivity contribution in [2.75, 3.05) is 67.6 Å². The number of anilines is 3. The van der Waals surface area contributed by atoms with E-state index in [-0.39, 0.29) is 5.91 Å². The first-order chi connectivity index (χ1) is 22.7. The topological polar surface area (TPSA) is 150 Å². The number of imidazole rings is 1. The van der Waals surface area contributed by atoms with Gasteiger partial charge in [-0.15, -0.1) is 0 Å². The molecule has 2 aliphatic heterocycles. The molecule has 1 aromatic carbocycles. The van der Waals surface area contributed by atoms with Crippen LogP contribution in [0.1, 0.15) is 10.5 Å². The summed E-state index contributed by atoms with van der Waals surface area (Å²) in [4.78, 5) is 41.1. The molecule has 244 valence electrons. The van der Waals surface area contributed by atoms with Crippen LogP contribution in [0, 0.1) is 0 Å². The fraction of sp³-hybridized carbons (Fsp3) is 0.290. The fourth-order valence-corrected chi connectivity index (χ4v) is 5.30. The lowest BCUT2D eigenvalue weighted by Crippen LogP contribution is -2.43. The number of rotatable bonds is 5. The maximum absolute atomic E-state index is 13.5. The third kappa shape index (κ3) is 7.07. The molecule has 4 aromatic heterocycles. The molecule has 1 amide bonds. The Labute approximate surface area is 266 Å². The van der Waals surface area contributed by atoms with Gasteiger partial charge in [-0.2, -0.15) is 18.3 Å². The average molecular weight is 650 g/mol. The van der Waals surface area contributed by atoms with Gasteiger partial charge in [0.05, 0.1) is 30.6 Å². The molecule has 0 unspecified atom stereocenters. The van der Waals surface area contributed by atoms with E-state index in [1.807, 2.05) is 54.7 Å². The zero-order chi connectivity index (χ0) is 33.0. The van der Waals surface area contributed by atoms with Crippen LogP contribution in [0.5, 0.6) is 0 Å². The Hall–Kier alpha value is -5.35. The number of carbonyl (C=O) groups is 2. The summed E-state index contributed by atoms with van der Waals surface area (Å²) in [6, 6.07) is 17.4. The van der Waals surface area contributed by atoms with Crippen molar-refractivity contribution in [2.45, 2.75) is 6.18 Å². The summed E-state index contributed by atoms with van der Waals surface area (Å²) in [6.45, 7) is 6.50. The third-order valence-electron chi connectivity index (χ3n) is 7.62. The Bertz CT molecular complexity index is 1890. The van der Waals surface area contributed by atoms with Crippen molar-refractivity contribution in [3.63, 3.8) is 0 Å². The number of amides is 1. The molecule has 5 aromatic rings. The van der Waals surface area contributed by atoms with Crippen molar-refractivity contribution in [3.05, 3.63) is 72.7 Å². The number of fused-ring (bicyclic) bond motifs is 2. The van der Waals surface area contributed by atoms with Crippen molar-refractivity contribution < 1.29 is 32.6 Å². The van der Waals surface area contributed by atoms with E-state index in [0.717, 1.165) is 67.2 Å². The smallest absolute Gasteiger partial charge is 0.475 e. The third-order valence-corrected chi connectivity index (χ3v) is 7.62. The number of nitrogens with one attached hydrogen (secondary N) is 2. The normalized spacial score (nSPS) is 15.3. The number of para-hydroxylation sites is 1. The largest absolute Gasteiger partial charge is 0.490 e. The van der Waals surface area contributed by atoms with E-state index in [1.54, 1.807) is 16.8 Å². The summed E-state index contributed by atoms with van der Waals surface area (Å²) >= 11 is 0. The second-order valence-corrected chi connectivity index (χ2v) is 10.6. The van der Waals surface area contributed by atoms with Crippen LogP contribution in [-0.2, 0) is 9.53 Å². The number of carbonyl (C=O) groups excluding carboxylic acids is 1. The standard InChI is InChI=1S/C29H29N9O2.C2HF3O2/c39-29(23-7-5-20-3-1-2-4-22(20)33-23)35-27-26(21-6-8-25(31-19-21)37-13-11-30-12-14-37)38-28(34-27)24(9-10-32-38)36-15-17-40-18-16-36;3-2(4,5)1(6)7/h1-10,19,30H,11-18H2,(H,35,39);(H,6,7). The minimum absolute atomic E-state index is 0.315. The van der Waals surface area contributed by atoms with E-state index >= 15 is 0 Å². The molecule has 0 atom stereocenters. The van der Waals surface area contributed by atoms with Gasteiger partial charge in [0.1, 0.15) is 17.2 Å². The Morgan fingerprint density at radius 3 is 2.36 bits per heavy atom. The lowest BCUT2D eigenvalue weighted by atomic mass is 10.2. The number of alkyl halides is 3. The molecule has 0 radical (unpaired) electrons. The number of pyridine rings is 2. The lowest BCUT2D eigenvalue weighted by molar-refractivity contribution is -0.192. The van der Waals surface area contributed by atoms with Gasteiger partial charge in [0.2, 0.25) is 0 Å². The Morgan fingerprint density at radius 2 is 1.66 bits per heavy atom. The molecule has 13 nitrogen and oxygen atoms in total. The van der Waals surface area contributed by atoms with Gasteiger partial charge >= 0.3 is 12.1 Å². The molecular weight excluding hydrogens is 619 g/mol. The first kappa shape index (κ1) is 31.6. The number of halogens is 3. The minimum atomic E-state index is -5.08. The highest BCUT2D eigenvalue weighted by atomic mass is 19.4. The van der Waals surface area contributed by atoms with Crippen LogP contribution in [0.15, 0.2) is 67.0 Å². The molecule has 0 saturated carbocycles. The van der Waals surface area contributed by atoms with Gasteiger partial charge in [-0.3, -0.25) is 4.79 Å². The molecule has 3 N–H and O–H groups in total. The molecule has 0 spiro atoms. The number of hydrogen-bond acceptors (Lipinski definition) is 10. The maximum Gasteiger partial charge on any atom is 0.490 e. The number of nitrogens with zero attached hydrogens (tertiary/aromatic N) is 7. The van der Waals surface area contributed by atoms with E-state index in [0.29, 0.717) is 36.1 Å². The Morgan fingerprint density at radius 1 is 0.915 bits per heavy atom.